The zero-order chi connectivity index (χ0) is 22.5. The lowest BCUT2D eigenvalue weighted by molar-refractivity contribution is -0.206. The van der Waals surface area contributed by atoms with E-state index in [-0.39, 0.29) is 5.60 Å². The van der Waals surface area contributed by atoms with E-state index in [1.54, 1.807) is 0 Å². The number of hydrogen-bond donors (Lipinski definition) is 1. The normalized spacial score (nSPS) is 24.5. The summed E-state index contributed by atoms with van der Waals surface area (Å²) in [5.74, 6) is -0.393. The van der Waals surface area contributed by atoms with Crippen LogP contribution in [0.15, 0.2) is 11.4 Å². The second-order valence-corrected chi connectivity index (χ2v) is 10.2. The van der Waals surface area contributed by atoms with Crippen molar-refractivity contribution in [3.8, 4) is 0 Å². The van der Waals surface area contributed by atoms with E-state index in [0.717, 1.165) is 72.3 Å². The maximum absolute atomic E-state index is 6.19. The smallest absolute Gasteiger partial charge is 0.168 e. The summed E-state index contributed by atoms with van der Waals surface area (Å²) >= 11 is 0. The predicted octanol–water partition coefficient (Wildman–Crippen LogP) is 4.68. The van der Waals surface area contributed by atoms with E-state index in [1.807, 2.05) is 10.9 Å². The largest absolute Gasteiger partial charge is 0.389 e. The van der Waals surface area contributed by atoms with E-state index in [1.165, 1.54) is 32.1 Å². The van der Waals surface area contributed by atoms with E-state index in [2.05, 4.69) is 29.4 Å². The van der Waals surface area contributed by atoms with Crippen molar-refractivity contribution in [1.29, 1.82) is 0 Å². The molecular formula is C25H35N5O3. The lowest BCUT2D eigenvalue weighted by Crippen LogP contribution is -2.43. The topological polar surface area (TPSA) is 82.8 Å². The molecule has 0 bridgehead atoms. The summed E-state index contributed by atoms with van der Waals surface area (Å²) in [4.78, 5) is 11.2. The SMILES string of the molecule is CCn1ncc2c(NC3CCCCC3)c(C3=NOC4(CCC5(CC4)OCCO5)C3)c(C)nc21. The molecule has 0 atom stereocenters. The highest BCUT2D eigenvalue weighted by molar-refractivity contribution is 6.11. The molecule has 2 aromatic heterocycles. The van der Waals surface area contributed by atoms with Crippen LogP contribution < -0.4 is 5.32 Å². The Balaban J connectivity index is 1.32. The monoisotopic (exact) mass is 453 g/mol. The van der Waals surface area contributed by atoms with Gasteiger partial charge in [-0.2, -0.15) is 5.10 Å². The molecule has 1 saturated heterocycles. The second-order valence-electron chi connectivity index (χ2n) is 10.2. The van der Waals surface area contributed by atoms with Gasteiger partial charge in [0.1, 0.15) is 5.60 Å². The van der Waals surface area contributed by atoms with Crippen LogP contribution in [0.2, 0.25) is 0 Å². The minimum absolute atomic E-state index is 0.257. The zero-order valence-electron chi connectivity index (χ0n) is 19.9. The van der Waals surface area contributed by atoms with Crippen molar-refractivity contribution in [3.63, 3.8) is 0 Å². The number of nitrogens with one attached hydrogen (secondary N) is 1. The van der Waals surface area contributed by atoms with Gasteiger partial charge in [-0.1, -0.05) is 24.4 Å². The van der Waals surface area contributed by atoms with Gasteiger partial charge in [-0.05, 0) is 39.5 Å². The van der Waals surface area contributed by atoms with Crippen LogP contribution in [0.4, 0.5) is 5.69 Å². The Morgan fingerprint density at radius 1 is 1.09 bits per heavy atom. The summed E-state index contributed by atoms with van der Waals surface area (Å²) in [6, 6.07) is 0.482. The lowest BCUT2D eigenvalue weighted by atomic mass is 9.77. The molecule has 0 radical (unpaired) electrons. The van der Waals surface area contributed by atoms with Crippen LogP contribution in [0.1, 0.15) is 82.4 Å². The van der Waals surface area contributed by atoms with Crippen molar-refractivity contribution >= 4 is 22.4 Å². The van der Waals surface area contributed by atoms with Gasteiger partial charge in [-0.3, -0.25) is 0 Å². The van der Waals surface area contributed by atoms with E-state index >= 15 is 0 Å². The predicted molar refractivity (Wildman–Crippen MR) is 127 cm³/mol. The maximum Gasteiger partial charge on any atom is 0.168 e. The van der Waals surface area contributed by atoms with Crippen LogP contribution >= 0.6 is 0 Å². The van der Waals surface area contributed by atoms with Crippen LogP contribution in [0.3, 0.4) is 0 Å². The highest BCUT2D eigenvalue weighted by atomic mass is 16.7. The summed E-state index contributed by atoms with van der Waals surface area (Å²) in [7, 11) is 0. The van der Waals surface area contributed by atoms with Crippen LogP contribution in [0.25, 0.3) is 11.0 Å². The number of hydrogen-bond acceptors (Lipinski definition) is 7. The number of rotatable bonds is 4. The molecule has 2 aromatic rings. The number of anilines is 1. The van der Waals surface area contributed by atoms with Crippen LogP contribution in [-0.2, 0) is 20.9 Å². The molecule has 2 saturated carbocycles. The fraction of sp³-hybridized carbons (Fsp3) is 0.720. The fourth-order valence-corrected chi connectivity index (χ4v) is 6.18. The third-order valence-electron chi connectivity index (χ3n) is 8.08. The van der Waals surface area contributed by atoms with Crippen molar-refractivity contribution < 1.29 is 14.3 Å². The molecule has 4 aliphatic rings. The average molecular weight is 454 g/mol. The van der Waals surface area contributed by atoms with Gasteiger partial charge in [0.05, 0.1) is 41.9 Å². The van der Waals surface area contributed by atoms with E-state index in [9.17, 15) is 0 Å². The molecule has 8 heteroatoms. The van der Waals surface area contributed by atoms with Gasteiger partial charge in [0.15, 0.2) is 11.4 Å². The zero-order valence-corrected chi connectivity index (χ0v) is 19.9. The molecule has 0 aromatic carbocycles. The van der Waals surface area contributed by atoms with Crippen molar-refractivity contribution in [3.05, 3.63) is 17.5 Å². The maximum atomic E-state index is 6.19. The number of ether oxygens (including phenoxy) is 2. The number of nitrogens with zero attached hydrogens (tertiary/aromatic N) is 4. The Morgan fingerprint density at radius 3 is 2.58 bits per heavy atom. The Hall–Kier alpha value is -2.19. The van der Waals surface area contributed by atoms with Gasteiger partial charge < -0.3 is 19.6 Å². The molecule has 2 spiro atoms. The first kappa shape index (κ1) is 21.4. The summed E-state index contributed by atoms with van der Waals surface area (Å²) in [5.41, 5.74) is 4.93. The standard InChI is InChI=1S/C25H35N5O3/c1-3-30-23-19(16-26-30)22(28-18-7-5-4-6-8-18)21(17(2)27-23)20-15-24(33-29-20)9-11-25(12-10-24)31-13-14-32-25/h16,18H,3-15H2,1-2H3,(H,27,28). The molecule has 1 N–H and O–H groups in total. The van der Waals surface area contributed by atoms with Gasteiger partial charge >= 0.3 is 0 Å². The van der Waals surface area contributed by atoms with Gasteiger partial charge in [0.25, 0.3) is 0 Å². The molecule has 8 nitrogen and oxygen atoms in total. The summed E-state index contributed by atoms with van der Waals surface area (Å²) < 4.78 is 13.9. The van der Waals surface area contributed by atoms with Gasteiger partial charge in [-0.25, -0.2) is 9.67 Å². The highest BCUT2D eigenvalue weighted by Gasteiger charge is 2.50. The first-order valence-corrected chi connectivity index (χ1v) is 12.8. The van der Waals surface area contributed by atoms with Crippen LogP contribution in [0.5, 0.6) is 0 Å². The molecular weight excluding hydrogens is 418 g/mol. The van der Waals surface area contributed by atoms with Gasteiger partial charge in [0, 0.05) is 37.4 Å². The molecule has 178 valence electrons. The minimum Gasteiger partial charge on any atom is -0.389 e. The van der Waals surface area contributed by atoms with Crippen molar-refractivity contribution in [2.24, 2.45) is 5.16 Å². The Bertz CT molecular complexity index is 1060. The van der Waals surface area contributed by atoms with E-state index in [0.29, 0.717) is 19.3 Å². The number of pyridine rings is 1. The van der Waals surface area contributed by atoms with E-state index < -0.39 is 5.79 Å². The van der Waals surface area contributed by atoms with Crippen molar-refractivity contribution in [2.75, 3.05) is 18.5 Å². The molecule has 3 fully saturated rings. The van der Waals surface area contributed by atoms with Crippen molar-refractivity contribution in [1.82, 2.24) is 14.8 Å². The second kappa shape index (κ2) is 8.24. The summed E-state index contributed by atoms with van der Waals surface area (Å²) in [5, 5.41) is 14.3. The van der Waals surface area contributed by atoms with E-state index in [4.69, 9.17) is 19.3 Å². The summed E-state index contributed by atoms with van der Waals surface area (Å²) in [6.45, 7) is 6.40. The van der Waals surface area contributed by atoms with Crippen LogP contribution in [-0.4, -0.2) is 51.1 Å². The number of fused-ring (bicyclic) bond motifs is 1. The van der Waals surface area contributed by atoms with Gasteiger partial charge in [-0.15, -0.1) is 0 Å². The first-order chi connectivity index (χ1) is 16.1. The molecule has 2 aliphatic heterocycles. The quantitative estimate of drug-likeness (QED) is 0.724. The molecule has 6 rings (SSSR count). The number of oxime groups is 1. The minimum atomic E-state index is -0.393. The molecule has 0 amide bonds. The number of aromatic nitrogens is 3. The van der Waals surface area contributed by atoms with Crippen LogP contribution in [0, 0.1) is 6.92 Å². The lowest BCUT2D eigenvalue weighted by Gasteiger charge is -2.39. The Morgan fingerprint density at radius 2 is 1.85 bits per heavy atom. The fourth-order valence-electron chi connectivity index (χ4n) is 6.18. The summed E-state index contributed by atoms with van der Waals surface area (Å²) in [6.07, 6.45) is 12.6. The van der Waals surface area contributed by atoms with Crippen molar-refractivity contribution in [2.45, 2.75) is 102 Å². The average Bonchev–Trinajstić information content (AvgIpc) is 3.56. The highest BCUT2D eigenvalue weighted by Crippen LogP contribution is 2.47. The Kier molecular flexibility index (Phi) is 5.33. The molecule has 0 unspecified atom stereocenters. The molecule has 33 heavy (non-hydrogen) atoms. The third-order valence-corrected chi connectivity index (χ3v) is 8.08. The third kappa shape index (κ3) is 3.71. The first-order valence-electron chi connectivity index (χ1n) is 12.8. The number of aryl methyl sites for hydroxylation is 2. The Labute approximate surface area is 195 Å². The van der Waals surface area contributed by atoms with Gasteiger partial charge in [0.2, 0.25) is 0 Å². The molecule has 4 heterocycles. The molecule has 2 aliphatic carbocycles.